The van der Waals surface area contributed by atoms with E-state index in [1.54, 1.807) is 11.3 Å². The van der Waals surface area contributed by atoms with Crippen molar-refractivity contribution in [3.05, 3.63) is 53.3 Å². The van der Waals surface area contributed by atoms with Crippen molar-refractivity contribution in [2.45, 2.75) is 19.6 Å². The van der Waals surface area contributed by atoms with Crippen LogP contribution in [0.5, 0.6) is 5.75 Å². The minimum Gasteiger partial charge on any atom is -0.487 e. The first-order valence-corrected chi connectivity index (χ1v) is 7.00. The summed E-state index contributed by atoms with van der Waals surface area (Å²) in [5, 5.41) is 2.01. The Morgan fingerprint density at radius 2 is 2.37 bits per heavy atom. The lowest BCUT2D eigenvalue weighted by atomic mass is 10.1. The molecule has 3 aromatic rings. The minimum absolute atomic E-state index is 0.0153. The largest absolute Gasteiger partial charge is 0.487 e. The first kappa shape index (κ1) is 12.2. The summed E-state index contributed by atoms with van der Waals surface area (Å²) in [6.07, 6.45) is 3.98. The molecule has 0 saturated heterocycles. The highest BCUT2D eigenvalue weighted by Crippen LogP contribution is 2.19. The lowest BCUT2D eigenvalue weighted by Gasteiger charge is -2.09. The van der Waals surface area contributed by atoms with Gasteiger partial charge in [-0.05, 0) is 24.6 Å². The topological polar surface area (TPSA) is 52.5 Å². The van der Waals surface area contributed by atoms with Gasteiger partial charge in [-0.1, -0.05) is 12.1 Å². The number of imidazole rings is 1. The molecule has 0 aliphatic carbocycles. The average Bonchev–Trinajstić information content (AvgIpc) is 2.97. The van der Waals surface area contributed by atoms with Crippen LogP contribution in [-0.2, 0) is 6.61 Å². The summed E-state index contributed by atoms with van der Waals surface area (Å²) in [7, 11) is 0. The Labute approximate surface area is 115 Å². The molecule has 0 aliphatic rings. The van der Waals surface area contributed by atoms with Gasteiger partial charge in [-0.3, -0.25) is 4.40 Å². The molecule has 0 aliphatic heterocycles. The second kappa shape index (κ2) is 5.03. The number of aromatic nitrogens is 2. The second-order valence-corrected chi connectivity index (χ2v) is 5.35. The molecular formula is C14H15N3OS. The summed E-state index contributed by atoms with van der Waals surface area (Å²) in [6.45, 7) is 2.43. The lowest BCUT2D eigenvalue weighted by Crippen LogP contribution is -2.05. The van der Waals surface area contributed by atoms with Crippen molar-refractivity contribution in [3.63, 3.8) is 0 Å². The summed E-state index contributed by atoms with van der Waals surface area (Å²) in [6, 6.07) is 7.89. The third-order valence-electron chi connectivity index (χ3n) is 2.91. The number of hydrogen-bond acceptors (Lipinski definition) is 4. The van der Waals surface area contributed by atoms with E-state index in [1.165, 1.54) is 0 Å². The summed E-state index contributed by atoms with van der Waals surface area (Å²) in [5.74, 6) is 0.825. The Kier molecular flexibility index (Phi) is 3.23. The Balaban J connectivity index is 1.71. The molecule has 1 atom stereocenters. The quantitative estimate of drug-likeness (QED) is 0.795. The zero-order chi connectivity index (χ0) is 13.2. The van der Waals surface area contributed by atoms with E-state index in [-0.39, 0.29) is 6.04 Å². The van der Waals surface area contributed by atoms with Gasteiger partial charge in [0.05, 0.1) is 5.69 Å². The van der Waals surface area contributed by atoms with Crippen LogP contribution in [0, 0.1) is 0 Å². The van der Waals surface area contributed by atoms with Gasteiger partial charge in [-0.15, -0.1) is 11.3 Å². The number of rotatable bonds is 4. The van der Waals surface area contributed by atoms with Crippen LogP contribution in [0.2, 0.25) is 0 Å². The van der Waals surface area contributed by atoms with Gasteiger partial charge in [0.2, 0.25) is 0 Å². The summed E-state index contributed by atoms with van der Waals surface area (Å²) in [5.41, 5.74) is 7.86. The molecule has 5 heteroatoms. The first-order valence-electron chi connectivity index (χ1n) is 6.12. The average molecular weight is 273 g/mol. The van der Waals surface area contributed by atoms with Gasteiger partial charge in [-0.25, -0.2) is 4.98 Å². The van der Waals surface area contributed by atoms with Crippen molar-refractivity contribution in [2.24, 2.45) is 5.73 Å². The maximum atomic E-state index is 5.86. The summed E-state index contributed by atoms with van der Waals surface area (Å²) < 4.78 is 7.76. The third-order valence-corrected chi connectivity index (χ3v) is 3.68. The van der Waals surface area contributed by atoms with Gasteiger partial charge >= 0.3 is 0 Å². The van der Waals surface area contributed by atoms with Gasteiger partial charge in [0.1, 0.15) is 12.4 Å². The van der Waals surface area contributed by atoms with E-state index in [0.717, 1.165) is 22.0 Å². The van der Waals surface area contributed by atoms with Crippen LogP contribution in [0.4, 0.5) is 0 Å². The Hall–Kier alpha value is -1.85. The van der Waals surface area contributed by atoms with Crippen molar-refractivity contribution in [2.75, 3.05) is 0 Å². The molecular weight excluding hydrogens is 258 g/mol. The smallest absolute Gasteiger partial charge is 0.193 e. The van der Waals surface area contributed by atoms with Gasteiger partial charge < -0.3 is 10.5 Å². The molecule has 0 bridgehead atoms. The van der Waals surface area contributed by atoms with E-state index in [9.17, 15) is 0 Å². The molecule has 0 fully saturated rings. The predicted molar refractivity (Wildman–Crippen MR) is 76.4 cm³/mol. The predicted octanol–water partition coefficient (Wildman–Crippen LogP) is 2.99. The Morgan fingerprint density at radius 1 is 1.47 bits per heavy atom. The minimum atomic E-state index is 0.0153. The van der Waals surface area contributed by atoms with Crippen LogP contribution >= 0.6 is 11.3 Å². The van der Waals surface area contributed by atoms with E-state index in [4.69, 9.17) is 10.5 Å². The molecule has 0 spiro atoms. The van der Waals surface area contributed by atoms with Crippen LogP contribution in [0.15, 0.2) is 42.0 Å². The highest BCUT2D eigenvalue weighted by atomic mass is 32.1. The number of nitrogens with two attached hydrogens (primary N) is 1. The van der Waals surface area contributed by atoms with Crippen molar-refractivity contribution in [3.8, 4) is 5.75 Å². The fraction of sp³-hybridized carbons (Fsp3) is 0.214. The van der Waals surface area contributed by atoms with Gasteiger partial charge in [0.25, 0.3) is 0 Å². The lowest BCUT2D eigenvalue weighted by molar-refractivity contribution is 0.301. The maximum Gasteiger partial charge on any atom is 0.193 e. The van der Waals surface area contributed by atoms with E-state index in [0.29, 0.717) is 6.61 Å². The summed E-state index contributed by atoms with van der Waals surface area (Å²) >= 11 is 1.62. The Morgan fingerprint density at radius 3 is 3.16 bits per heavy atom. The van der Waals surface area contributed by atoms with Crippen molar-refractivity contribution in [1.82, 2.24) is 9.38 Å². The molecule has 0 amide bonds. The standard InChI is InChI=1S/C14H15N3OS/c1-10(15)11-3-2-4-13(7-11)18-9-12-8-17-5-6-19-14(17)16-12/h2-8,10H,9,15H2,1H3. The fourth-order valence-electron chi connectivity index (χ4n) is 1.89. The molecule has 3 rings (SSSR count). The number of benzene rings is 1. The molecule has 0 radical (unpaired) electrons. The third kappa shape index (κ3) is 2.62. The normalized spacial score (nSPS) is 12.7. The number of nitrogens with zero attached hydrogens (tertiary/aromatic N) is 2. The molecule has 19 heavy (non-hydrogen) atoms. The van der Waals surface area contributed by atoms with E-state index in [2.05, 4.69) is 4.98 Å². The van der Waals surface area contributed by atoms with Crippen molar-refractivity contribution in [1.29, 1.82) is 0 Å². The van der Waals surface area contributed by atoms with Crippen LogP contribution in [0.25, 0.3) is 4.96 Å². The highest BCUT2D eigenvalue weighted by Gasteiger charge is 2.05. The zero-order valence-electron chi connectivity index (χ0n) is 10.6. The van der Waals surface area contributed by atoms with Crippen LogP contribution < -0.4 is 10.5 Å². The van der Waals surface area contributed by atoms with Gasteiger partial charge in [-0.2, -0.15) is 0 Å². The molecule has 4 nitrogen and oxygen atoms in total. The van der Waals surface area contributed by atoms with Gasteiger partial charge in [0, 0.05) is 23.8 Å². The molecule has 98 valence electrons. The van der Waals surface area contributed by atoms with Crippen molar-refractivity contribution < 1.29 is 4.74 Å². The molecule has 1 aromatic carbocycles. The number of fused-ring (bicyclic) bond motifs is 1. The van der Waals surface area contributed by atoms with E-state index >= 15 is 0 Å². The highest BCUT2D eigenvalue weighted by molar-refractivity contribution is 7.15. The molecule has 2 N–H and O–H groups in total. The number of hydrogen-bond donors (Lipinski definition) is 1. The molecule has 0 saturated carbocycles. The van der Waals surface area contributed by atoms with Gasteiger partial charge in [0.15, 0.2) is 4.96 Å². The summed E-state index contributed by atoms with van der Waals surface area (Å²) in [4.78, 5) is 5.47. The Bertz CT molecular complexity index is 658. The van der Waals surface area contributed by atoms with Crippen LogP contribution in [-0.4, -0.2) is 9.38 Å². The monoisotopic (exact) mass is 273 g/mol. The molecule has 1 unspecified atom stereocenters. The molecule has 2 aromatic heterocycles. The van der Waals surface area contributed by atoms with Crippen molar-refractivity contribution >= 4 is 16.3 Å². The van der Waals surface area contributed by atoms with Crippen LogP contribution in [0.3, 0.4) is 0 Å². The number of ether oxygens (including phenoxy) is 1. The number of thiazole rings is 1. The van der Waals surface area contributed by atoms with E-state index < -0.39 is 0 Å². The SMILES string of the molecule is CC(N)c1cccc(OCc2cn3ccsc3n2)c1. The zero-order valence-corrected chi connectivity index (χ0v) is 11.4. The van der Waals surface area contributed by atoms with E-state index in [1.807, 2.05) is 53.4 Å². The first-order chi connectivity index (χ1) is 9.22. The fourth-order valence-corrected chi connectivity index (χ4v) is 2.61. The van der Waals surface area contributed by atoms with Crippen LogP contribution in [0.1, 0.15) is 24.2 Å². The molecule has 2 heterocycles. The maximum absolute atomic E-state index is 5.86. The second-order valence-electron chi connectivity index (χ2n) is 4.47.